The van der Waals surface area contributed by atoms with E-state index in [0.29, 0.717) is 11.7 Å². The number of nitrogens with zero attached hydrogens (tertiary/aromatic N) is 2. The molecule has 1 atom stereocenters. The van der Waals surface area contributed by atoms with Crippen LogP contribution in [0, 0.1) is 0 Å². The Morgan fingerprint density at radius 1 is 1.75 bits per heavy atom. The maximum atomic E-state index is 10.6. The molecule has 1 N–H and O–H groups in total. The molecule has 0 aromatic carbocycles. The number of likely N-dealkylation sites (tertiary alicyclic amines) is 1. The first-order chi connectivity index (χ1) is 5.75. The number of rotatable bonds is 1. The van der Waals surface area contributed by atoms with Crippen LogP contribution >= 0.6 is 0 Å². The standard InChI is InChI=1S/C7H11N3O2/c1-10-3-2-5(4-10)6-8-7(11)12-9-6/h5H,2-4H2,1H3,(H,8,9,11)/t5-/m1/s1. The van der Waals surface area contributed by atoms with E-state index in [1.165, 1.54) is 0 Å². The van der Waals surface area contributed by atoms with Gasteiger partial charge in [0.05, 0.1) is 0 Å². The Morgan fingerprint density at radius 2 is 2.58 bits per heavy atom. The van der Waals surface area contributed by atoms with Crippen molar-refractivity contribution in [3.05, 3.63) is 16.4 Å². The van der Waals surface area contributed by atoms with E-state index in [0.717, 1.165) is 19.5 Å². The molecule has 66 valence electrons. The number of H-pyrrole nitrogens is 1. The van der Waals surface area contributed by atoms with Crippen LogP contribution in [-0.4, -0.2) is 35.2 Å². The smallest absolute Gasteiger partial charge is 0.306 e. The van der Waals surface area contributed by atoms with Crippen LogP contribution in [0.5, 0.6) is 0 Å². The van der Waals surface area contributed by atoms with Crippen LogP contribution in [0.1, 0.15) is 18.2 Å². The molecule has 1 aromatic rings. The Balaban J connectivity index is 2.16. The molecule has 2 heterocycles. The Labute approximate surface area is 69.4 Å². The van der Waals surface area contributed by atoms with Gasteiger partial charge in [-0.15, -0.1) is 0 Å². The van der Waals surface area contributed by atoms with Gasteiger partial charge in [0.2, 0.25) is 0 Å². The van der Waals surface area contributed by atoms with Crippen LogP contribution in [0.15, 0.2) is 9.32 Å². The SMILES string of the molecule is CN1CC[C@@H](c2noc(=O)[nH]2)C1. The monoisotopic (exact) mass is 169 g/mol. The van der Waals surface area contributed by atoms with Crippen molar-refractivity contribution >= 4 is 0 Å². The van der Waals surface area contributed by atoms with Crippen molar-refractivity contribution < 1.29 is 4.52 Å². The third kappa shape index (κ3) is 1.27. The zero-order valence-corrected chi connectivity index (χ0v) is 6.91. The van der Waals surface area contributed by atoms with Crippen molar-refractivity contribution in [2.75, 3.05) is 20.1 Å². The largest absolute Gasteiger partial charge is 0.438 e. The Morgan fingerprint density at radius 3 is 3.08 bits per heavy atom. The fourth-order valence-electron chi connectivity index (χ4n) is 1.58. The maximum absolute atomic E-state index is 10.6. The van der Waals surface area contributed by atoms with Gasteiger partial charge < -0.3 is 4.90 Å². The van der Waals surface area contributed by atoms with E-state index in [1.54, 1.807) is 0 Å². The highest BCUT2D eigenvalue weighted by Gasteiger charge is 2.24. The highest BCUT2D eigenvalue weighted by molar-refractivity contribution is 4.96. The number of hydrogen-bond acceptors (Lipinski definition) is 4. The van der Waals surface area contributed by atoms with Gasteiger partial charge in [0.25, 0.3) is 0 Å². The molecule has 0 unspecified atom stereocenters. The summed E-state index contributed by atoms with van der Waals surface area (Å²) in [6, 6.07) is 0. The van der Waals surface area contributed by atoms with Gasteiger partial charge in [-0.2, -0.15) is 0 Å². The van der Waals surface area contributed by atoms with Crippen LogP contribution in [0.25, 0.3) is 0 Å². The molecule has 5 heteroatoms. The van der Waals surface area contributed by atoms with Gasteiger partial charge in [0.1, 0.15) is 0 Å². The first-order valence-electron chi connectivity index (χ1n) is 4.00. The Kier molecular flexibility index (Phi) is 1.73. The second kappa shape index (κ2) is 2.75. The molecule has 12 heavy (non-hydrogen) atoms. The van der Waals surface area contributed by atoms with E-state index in [-0.39, 0.29) is 0 Å². The molecule has 1 aromatic heterocycles. The van der Waals surface area contributed by atoms with Crippen LogP contribution in [0.4, 0.5) is 0 Å². The molecule has 5 nitrogen and oxygen atoms in total. The number of hydrogen-bond donors (Lipinski definition) is 1. The minimum Gasteiger partial charge on any atom is -0.306 e. The predicted molar refractivity (Wildman–Crippen MR) is 42.0 cm³/mol. The molecule has 0 spiro atoms. The lowest BCUT2D eigenvalue weighted by Gasteiger charge is -2.05. The van der Waals surface area contributed by atoms with E-state index in [1.807, 2.05) is 0 Å². The zero-order chi connectivity index (χ0) is 8.55. The molecule has 1 aliphatic rings. The molecule has 0 amide bonds. The molecule has 0 bridgehead atoms. The summed E-state index contributed by atoms with van der Waals surface area (Å²) in [4.78, 5) is 15.4. The molecule has 1 fully saturated rings. The lowest BCUT2D eigenvalue weighted by Crippen LogP contribution is -2.14. The van der Waals surface area contributed by atoms with E-state index in [4.69, 9.17) is 0 Å². The fraction of sp³-hybridized carbons (Fsp3) is 0.714. The molecule has 1 saturated heterocycles. The Bertz CT molecular complexity index is 316. The van der Waals surface area contributed by atoms with Gasteiger partial charge in [-0.3, -0.25) is 9.51 Å². The molecule has 0 radical (unpaired) electrons. The molecular weight excluding hydrogens is 158 g/mol. The summed E-state index contributed by atoms with van der Waals surface area (Å²) in [5.74, 6) is 0.561. The normalized spacial score (nSPS) is 24.9. The summed E-state index contributed by atoms with van der Waals surface area (Å²) < 4.78 is 4.43. The summed E-state index contributed by atoms with van der Waals surface area (Å²) in [5, 5.41) is 3.66. The van der Waals surface area contributed by atoms with Crippen LogP contribution < -0.4 is 5.76 Å². The average molecular weight is 169 g/mol. The summed E-state index contributed by atoms with van der Waals surface area (Å²) in [6.45, 7) is 2.00. The Hall–Kier alpha value is -1.10. The summed E-state index contributed by atoms with van der Waals surface area (Å²) in [7, 11) is 2.05. The third-order valence-corrected chi connectivity index (χ3v) is 2.24. The van der Waals surface area contributed by atoms with Crippen molar-refractivity contribution in [3.8, 4) is 0 Å². The number of nitrogens with one attached hydrogen (secondary N) is 1. The van der Waals surface area contributed by atoms with Crippen molar-refractivity contribution in [1.82, 2.24) is 15.0 Å². The fourth-order valence-corrected chi connectivity index (χ4v) is 1.58. The topological polar surface area (TPSA) is 62.1 Å². The first kappa shape index (κ1) is 7.54. The average Bonchev–Trinajstić information content (AvgIpc) is 2.58. The molecule has 2 rings (SSSR count). The number of aromatic nitrogens is 2. The highest BCUT2D eigenvalue weighted by atomic mass is 16.5. The van der Waals surface area contributed by atoms with Gasteiger partial charge in [-0.25, -0.2) is 4.79 Å². The number of likely N-dealkylation sites (N-methyl/N-ethyl adjacent to an activating group) is 1. The molecule has 0 aliphatic carbocycles. The van der Waals surface area contributed by atoms with Crippen molar-refractivity contribution in [2.24, 2.45) is 0 Å². The number of aromatic amines is 1. The van der Waals surface area contributed by atoms with Gasteiger partial charge in [0.15, 0.2) is 5.82 Å². The van der Waals surface area contributed by atoms with Crippen molar-refractivity contribution in [3.63, 3.8) is 0 Å². The second-order valence-corrected chi connectivity index (χ2v) is 3.23. The van der Waals surface area contributed by atoms with Crippen LogP contribution in [0.2, 0.25) is 0 Å². The lowest BCUT2D eigenvalue weighted by molar-refractivity contribution is 0.373. The van der Waals surface area contributed by atoms with Crippen molar-refractivity contribution in [1.29, 1.82) is 0 Å². The van der Waals surface area contributed by atoms with E-state index in [9.17, 15) is 4.79 Å². The molecule has 1 aliphatic heterocycles. The third-order valence-electron chi connectivity index (χ3n) is 2.24. The van der Waals surface area contributed by atoms with Crippen LogP contribution in [-0.2, 0) is 0 Å². The van der Waals surface area contributed by atoms with E-state index < -0.39 is 5.76 Å². The van der Waals surface area contributed by atoms with Gasteiger partial charge in [-0.05, 0) is 20.0 Å². The minimum absolute atomic E-state index is 0.335. The van der Waals surface area contributed by atoms with Gasteiger partial charge in [-0.1, -0.05) is 5.16 Å². The predicted octanol–water partition coefficient (Wildman–Crippen LogP) is -0.218. The highest BCUT2D eigenvalue weighted by Crippen LogP contribution is 2.21. The summed E-state index contributed by atoms with van der Waals surface area (Å²) in [5.41, 5.74) is 0. The van der Waals surface area contributed by atoms with Crippen molar-refractivity contribution in [2.45, 2.75) is 12.3 Å². The minimum atomic E-state index is -0.459. The quantitative estimate of drug-likeness (QED) is 0.631. The molecule has 0 saturated carbocycles. The van der Waals surface area contributed by atoms with Crippen LogP contribution in [0.3, 0.4) is 0 Å². The van der Waals surface area contributed by atoms with Gasteiger partial charge >= 0.3 is 5.76 Å². The molecular formula is C7H11N3O2. The van der Waals surface area contributed by atoms with E-state index in [2.05, 4.69) is 26.6 Å². The summed E-state index contributed by atoms with van der Waals surface area (Å²) in [6.07, 6.45) is 1.04. The first-order valence-corrected chi connectivity index (χ1v) is 4.00. The lowest BCUT2D eigenvalue weighted by atomic mass is 10.1. The zero-order valence-electron chi connectivity index (χ0n) is 6.91. The maximum Gasteiger partial charge on any atom is 0.438 e. The van der Waals surface area contributed by atoms with E-state index >= 15 is 0 Å². The summed E-state index contributed by atoms with van der Waals surface area (Å²) >= 11 is 0. The second-order valence-electron chi connectivity index (χ2n) is 3.23. The van der Waals surface area contributed by atoms with Gasteiger partial charge in [0, 0.05) is 12.5 Å².